The first-order valence-corrected chi connectivity index (χ1v) is 6.62. The molecule has 2 N–H and O–H groups in total. The number of anilines is 1. The Balaban J connectivity index is 1.88. The van der Waals surface area contributed by atoms with Crippen molar-refractivity contribution in [2.45, 2.75) is 6.61 Å². The Morgan fingerprint density at radius 1 is 1.05 bits per heavy atom. The number of fused-ring (bicyclic) bond motifs is 1. The smallest absolute Gasteiger partial charge is 0.146 e. The molecule has 1 heterocycles. The monoisotopic (exact) mass is 284 g/mol. The Morgan fingerprint density at radius 2 is 1.85 bits per heavy atom. The van der Waals surface area contributed by atoms with Crippen LogP contribution in [0, 0.1) is 0 Å². The Morgan fingerprint density at radius 3 is 2.65 bits per heavy atom. The summed E-state index contributed by atoms with van der Waals surface area (Å²) in [4.78, 5) is 4.34. The van der Waals surface area contributed by atoms with Crippen molar-refractivity contribution in [3.8, 4) is 5.75 Å². The summed E-state index contributed by atoms with van der Waals surface area (Å²) in [7, 11) is 0. The number of hydrogen-bond donors (Lipinski definition) is 1. The van der Waals surface area contributed by atoms with E-state index < -0.39 is 0 Å². The van der Waals surface area contributed by atoms with E-state index in [9.17, 15) is 0 Å². The molecule has 4 heteroatoms. The molecule has 0 aliphatic rings. The van der Waals surface area contributed by atoms with Crippen molar-refractivity contribution in [3.63, 3.8) is 0 Å². The molecule has 0 aliphatic carbocycles. The largest absolute Gasteiger partial charge is 0.487 e. The molecule has 100 valence electrons. The van der Waals surface area contributed by atoms with Gasteiger partial charge in [0.25, 0.3) is 0 Å². The van der Waals surface area contributed by atoms with Crippen LogP contribution >= 0.6 is 11.6 Å². The second-order valence-electron chi connectivity index (χ2n) is 4.48. The minimum Gasteiger partial charge on any atom is -0.487 e. The molecule has 0 saturated carbocycles. The van der Waals surface area contributed by atoms with E-state index in [4.69, 9.17) is 22.1 Å². The van der Waals surface area contributed by atoms with E-state index in [-0.39, 0.29) is 0 Å². The first-order chi connectivity index (χ1) is 9.74. The maximum Gasteiger partial charge on any atom is 0.146 e. The van der Waals surface area contributed by atoms with Crippen LogP contribution in [0.25, 0.3) is 10.9 Å². The molecule has 20 heavy (non-hydrogen) atoms. The number of nitrogens with zero attached hydrogens (tertiary/aromatic N) is 1. The lowest BCUT2D eigenvalue weighted by Crippen LogP contribution is -1.97. The van der Waals surface area contributed by atoms with Gasteiger partial charge in [0.2, 0.25) is 0 Å². The minimum absolute atomic E-state index is 0.466. The number of ether oxygens (including phenoxy) is 1. The summed E-state index contributed by atoms with van der Waals surface area (Å²) in [6, 6.07) is 15.1. The van der Waals surface area contributed by atoms with Crippen molar-refractivity contribution in [1.82, 2.24) is 4.98 Å². The molecular formula is C16H13ClN2O. The number of rotatable bonds is 3. The fourth-order valence-electron chi connectivity index (χ4n) is 2.00. The molecule has 3 aromatic rings. The molecule has 0 radical (unpaired) electrons. The number of benzene rings is 2. The Kier molecular flexibility index (Phi) is 3.44. The van der Waals surface area contributed by atoms with Gasteiger partial charge < -0.3 is 10.5 Å². The van der Waals surface area contributed by atoms with Gasteiger partial charge in [-0.3, -0.25) is 4.98 Å². The molecule has 0 saturated heterocycles. The van der Waals surface area contributed by atoms with Gasteiger partial charge in [-0.1, -0.05) is 23.7 Å². The quantitative estimate of drug-likeness (QED) is 0.738. The van der Waals surface area contributed by atoms with Crippen LogP contribution in [0.1, 0.15) is 5.56 Å². The second kappa shape index (κ2) is 5.39. The number of aromatic nitrogens is 1. The molecule has 0 bridgehead atoms. The molecular weight excluding hydrogens is 272 g/mol. The molecule has 0 spiro atoms. The third-order valence-electron chi connectivity index (χ3n) is 3.05. The fraction of sp³-hybridized carbons (Fsp3) is 0.0625. The van der Waals surface area contributed by atoms with Crippen LogP contribution in [-0.4, -0.2) is 4.98 Å². The average molecular weight is 285 g/mol. The summed E-state index contributed by atoms with van der Waals surface area (Å²) < 4.78 is 5.84. The van der Waals surface area contributed by atoms with Gasteiger partial charge in [-0.15, -0.1) is 0 Å². The van der Waals surface area contributed by atoms with Gasteiger partial charge >= 0.3 is 0 Å². The second-order valence-corrected chi connectivity index (χ2v) is 4.88. The zero-order valence-corrected chi connectivity index (χ0v) is 11.5. The number of hydrogen-bond acceptors (Lipinski definition) is 3. The zero-order valence-electron chi connectivity index (χ0n) is 10.7. The van der Waals surface area contributed by atoms with E-state index in [1.165, 1.54) is 0 Å². The summed E-state index contributed by atoms with van der Waals surface area (Å²) in [5, 5.41) is 1.57. The first-order valence-electron chi connectivity index (χ1n) is 6.24. The van der Waals surface area contributed by atoms with Crippen molar-refractivity contribution in [3.05, 3.63) is 65.3 Å². The summed E-state index contributed by atoms with van der Waals surface area (Å²) >= 11 is 6.15. The van der Waals surface area contributed by atoms with Crippen LogP contribution in [0.3, 0.4) is 0 Å². The normalized spacial score (nSPS) is 10.7. The number of nitrogen functional groups attached to an aromatic ring is 1. The summed E-state index contributed by atoms with van der Waals surface area (Å²) in [6.07, 6.45) is 1.73. The number of pyridine rings is 1. The molecule has 0 aliphatic heterocycles. The van der Waals surface area contributed by atoms with Crippen LogP contribution in [0.2, 0.25) is 5.02 Å². The van der Waals surface area contributed by atoms with Crippen LogP contribution in [-0.2, 0) is 6.61 Å². The van der Waals surface area contributed by atoms with Gasteiger partial charge in [0.05, 0.1) is 5.02 Å². The topological polar surface area (TPSA) is 48.1 Å². The third kappa shape index (κ3) is 2.53. The average Bonchev–Trinajstić information content (AvgIpc) is 2.49. The summed E-state index contributed by atoms with van der Waals surface area (Å²) in [5.41, 5.74) is 8.23. The molecule has 0 fully saturated rings. The first kappa shape index (κ1) is 12.8. The van der Waals surface area contributed by atoms with Gasteiger partial charge in [-0.2, -0.15) is 0 Å². The summed E-state index contributed by atoms with van der Waals surface area (Å²) in [6.45, 7) is 0.466. The van der Waals surface area contributed by atoms with E-state index in [1.807, 2.05) is 48.5 Å². The molecule has 2 aromatic carbocycles. The SMILES string of the molecule is Nc1ccc(COc2ccc(Cl)c3cccnc23)cc1. The highest BCUT2D eigenvalue weighted by atomic mass is 35.5. The molecule has 3 nitrogen and oxygen atoms in total. The maximum absolute atomic E-state index is 6.15. The Bertz CT molecular complexity index is 741. The highest BCUT2D eigenvalue weighted by molar-refractivity contribution is 6.35. The lowest BCUT2D eigenvalue weighted by atomic mass is 10.2. The molecule has 3 rings (SSSR count). The predicted octanol–water partition coefficient (Wildman–Crippen LogP) is 4.05. The zero-order chi connectivity index (χ0) is 13.9. The molecule has 0 atom stereocenters. The molecule has 0 amide bonds. The van der Waals surface area contributed by atoms with Gasteiger partial charge in [-0.25, -0.2) is 0 Å². The van der Waals surface area contributed by atoms with Gasteiger partial charge in [0.15, 0.2) is 0 Å². The predicted molar refractivity (Wildman–Crippen MR) is 81.9 cm³/mol. The lowest BCUT2D eigenvalue weighted by Gasteiger charge is -2.09. The third-order valence-corrected chi connectivity index (χ3v) is 3.38. The summed E-state index contributed by atoms with van der Waals surface area (Å²) in [5.74, 6) is 0.724. The maximum atomic E-state index is 6.15. The van der Waals surface area contributed by atoms with Crippen LogP contribution < -0.4 is 10.5 Å². The van der Waals surface area contributed by atoms with E-state index in [1.54, 1.807) is 6.20 Å². The van der Waals surface area contributed by atoms with Crippen LogP contribution in [0.15, 0.2) is 54.7 Å². The standard InChI is InChI=1S/C16H13ClN2O/c17-14-7-8-15(16-13(14)2-1-9-19-16)20-10-11-3-5-12(18)6-4-11/h1-9H,10,18H2. The Hall–Kier alpha value is -2.26. The van der Waals surface area contributed by atoms with Crippen molar-refractivity contribution in [2.24, 2.45) is 0 Å². The highest BCUT2D eigenvalue weighted by Crippen LogP contribution is 2.30. The number of halogens is 1. The van der Waals surface area contributed by atoms with Crippen LogP contribution in [0.5, 0.6) is 5.75 Å². The van der Waals surface area contributed by atoms with Crippen molar-refractivity contribution in [2.75, 3.05) is 5.73 Å². The number of nitrogens with two attached hydrogens (primary N) is 1. The van der Waals surface area contributed by atoms with Crippen molar-refractivity contribution < 1.29 is 4.74 Å². The fourth-order valence-corrected chi connectivity index (χ4v) is 2.22. The van der Waals surface area contributed by atoms with Gasteiger partial charge in [0, 0.05) is 17.3 Å². The van der Waals surface area contributed by atoms with Crippen molar-refractivity contribution >= 4 is 28.2 Å². The highest BCUT2D eigenvalue weighted by Gasteiger charge is 2.06. The van der Waals surface area contributed by atoms with E-state index in [0.717, 1.165) is 27.9 Å². The lowest BCUT2D eigenvalue weighted by molar-refractivity contribution is 0.309. The molecule has 0 unspecified atom stereocenters. The van der Waals surface area contributed by atoms with Crippen LogP contribution in [0.4, 0.5) is 5.69 Å². The van der Waals surface area contributed by atoms with E-state index in [2.05, 4.69) is 4.98 Å². The molecule has 1 aromatic heterocycles. The van der Waals surface area contributed by atoms with Gasteiger partial charge in [-0.05, 0) is 42.0 Å². The minimum atomic E-state index is 0.466. The van der Waals surface area contributed by atoms with Gasteiger partial charge in [0.1, 0.15) is 17.9 Å². The van der Waals surface area contributed by atoms with Crippen molar-refractivity contribution in [1.29, 1.82) is 0 Å². The van der Waals surface area contributed by atoms with E-state index in [0.29, 0.717) is 11.6 Å². The van der Waals surface area contributed by atoms with E-state index >= 15 is 0 Å². The Labute approximate surface area is 122 Å².